The summed E-state index contributed by atoms with van der Waals surface area (Å²) in [5.74, 6) is 0.406. The molecule has 0 aliphatic carbocycles. The molecule has 1 heterocycles. The van der Waals surface area contributed by atoms with Gasteiger partial charge in [0, 0.05) is 40.0 Å². The molecule has 2 N–H and O–H groups in total. The lowest BCUT2D eigenvalue weighted by Crippen LogP contribution is -2.43. The summed E-state index contributed by atoms with van der Waals surface area (Å²) in [5, 5.41) is 6.32. The number of fused-ring (bicyclic) bond motifs is 1. The SMILES string of the molecule is COc1ccc2c(c1)/C(=C/C(=O)c1cccc(C(=O)NC(C)C)c1)NC(C)(C)C2. The number of allylic oxidation sites excluding steroid dienone is 1. The van der Waals surface area contributed by atoms with E-state index in [9.17, 15) is 9.59 Å². The highest BCUT2D eigenvalue weighted by atomic mass is 16.5. The fourth-order valence-electron chi connectivity index (χ4n) is 3.53. The Morgan fingerprint density at radius 1 is 1.14 bits per heavy atom. The van der Waals surface area contributed by atoms with Crippen LogP contribution in [0.4, 0.5) is 0 Å². The minimum atomic E-state index is -0.186. The van der Waals surface area contributed by atoms with Crippen LogP contribution in [0.15, 0.2) is 48.5 Å². The molecule has 0 aromatic heterocycles. The lowest BCUT2D eigenvalue weighted by Gasteiger charge is -2.35. The van der Waals surface area contributed by atoms with Gasteiger partial charge in [0.15, 0.2) is 5.78 Å². The molecule has 152 valence electrons. The van der Waals surface area contributed by atoms with Crippen molar-refractivity contribution in [3.8, 4) is 5.75 Å². The minimum absolute atomic E-state index is 0.0316. The smallest absolute Gasteiger partial charge is 0.251 e. The summed E-state index contributed by atoms with van der Waals surface area (Å²) in [6, 6.07) is 12.8. The number of carbonyl (C=O) groups excluding carboxylic acids is 2. The number of ketones is 1. The average Bonchev–Trinajstić information content (AvgIpc) is 2.66. The molecule has 1 aliphatic rings. The molecule has 0 bridgehead atoms. The van der Waals surface area contributed by atoms with E-state index in [1.165, 1.54) is 5.56 Å². The first-order valence-electron chi connectivity index (χ1n) is 9.81. The third-order valence-corrected chi connectivity index (χ3v) is 4.82. The van der Waals surface area contributed by atoms with Crippen LogP contribution in [0, 0.1) is 0 Å². The van der Waals surface area contributed by atoms with Crippen molar-refractivity contribution < 1.29 is 14.3 Å². The first kappa shape index (κ1) is 20.6. The van der Waals surface area contributed by atoms with Crippen molar-refractivity contribution in [2.75, 3.05) is 7.11 Å². The van der Waals surface area contributed by atoms with Gasteiger partial charge in [-0.3, -0.25) is 9.59 Å². The number of rotatable bonds is 5. The van der Waals surface area contributed by atoms with E-state index in [0.29, 0.717) is 11.1 Å². The number of amides is 1. The summed E-state index contributed by atoms with van der Waals surface area (Å²) < 4.78 is 5.36. The van der Waals surface area contributed by atoms with E-state index in [1.807, 2.05) is 32.0 Å². The van der Waals surface area contributed by atoms with Crippen molar-refractivity contribution >= 4 is 17.4 Å². The van der Waals surface area contributed by atoms with Crippen LogP contribution in [0.2, 0.25) is 0 Å². The monoisotopic (exact) mass is 392 g/mol. The van der Waals surface area contributed by atoms with Crippen molar-refractivity contribution in [1.29, 1.82) is 0 Å². The maximum absolute atomic E-state index is 13.0. The Morgan fingerprint density at radius 2 is 1.86 bits per heavy atom. The molecule has 0 atom stereocenters. The zero-order valence-electron chi connectivity index (χ0n) is 17.6. The van der Waals surface area contributed by atoms with E-state index in [2.05, 4.69) is 24.5 Å². The van der Waals surface area contributed by atoms with Crippen LogP contribution in [0.3, 0.4) is 0 Å². The highest BCUT2D eigenvalue weighted by Crippen LogP contribution is 2.32. The predicted molar refractivity (Wildman–Crippen MR) is 115 cm³/mol. The Labute approximate surface area is 172 Å². The molecule has 0 radical (unpaired) electrons. The molecule has 0 saturated carbocycles. The van der Waals surface area contributed by atoms with E-state index >= 15 is 0 Å². The molecule has 0 fully saturated rings. The van der Waals surface area contributed by atoms with Gasteiger partial charge in [-0.2, -0.15) is 0 Å². The zero-order chi connectivity index (χ0) is 21.2. The van der Waals surface area contributed by atoms with E-state index in [1.54, 1.807) is 37.5 Å². The molecule has 0 spiro atoms. The van der Waals surface area contributed by atoms with Gasteiger partial charge in [-0.05, 0) is 63.9 Å². The van der Waals surface area contributed by atoms with Gasteiger partial charge in [0.05, 0.1) is 7.11 Å². The molecule has 2 aromatic carbocycles. The normalized spacial score (nSPS) is 16.1. The molecule has 0 saturated heterocycles. The van der Waals surface area contributed by atoms with E-state index in [-0.39, 0.29) is 23.3 Å². The van der Waals surface area contributed by atoms with Gasteiger partial charge in [-0.25, -0.2) is 0 Å². The summed E-state index contributed by atoms with van der Waals surface area (Å²) in [6.07, 6.45) is 2.46. The summed E-state index contributed by atoms with van der Waals surface area (Å²) in [7, 11) is 1.63. The topological polar surface area (TPSA) is 67.4 Å². The van der Waals surface area contributed by atoms with E-state index in [0.717, 1.165) is 23.4 Å². The molecule has 29 heavy (non-hydrogen) atoms. The molecule has 2 aromatic rings. The van der Waals surface area contributed by atoms with Crippen LogP contribution in [-0.4, -0.2) is 30.4 Å². The van der Waals surface area contributed by atoms with Crippen LogP contribution in [0.5, 0.6) is 5.75 Å². The number of hydrogen-bond acceptors (Lipinski definition) is 4. The Balaban J connectivity index is 1.96. The second-order valence-corrected chi connectivity index (χ2v) is 8.34. The summed E-state index contributed by atoms with van der Waals surface area (Å²) in [5.41, 5.74) is 3.67. The Morgan fingerprint density at radius 3 is 2.55 bits per heavy atom. The summed E-state index contributed by atoms with van der Waals surface area (Å²) >= 11 is 0. The largest absolute Gasteiger partial charge is 0.497 e. The van der Waals surface area contributed by atoms with Gasteiger partial charge in [0.25, 0.3) is 5.91 Å². The molecule has 1 aliphatic heterocycles. The van der Waals surface area contributed by atoms with E-state index in [4.69, 9.17) is 4.74 Å². The predicted octanol–water partition coefficient (Wildman–Crippen LogP) is 3.98. The zero-order valence-corrected chi connectivity index (χ0v) is 17.6. The quantitative estimate of drug-likeness (QED) is 0.597. The van der Waals surface area contributed by atoms with Crippen LogP contribution in [0.1, 0.15) is 59.5 Å². The number of methoxy groups -OCH3 is 1. The maximum atomic E-state index is 13.0. The summed E-state index contributed by atoms with van der Waals surface area (Å²) in [4.78, 5) is 25.3. The molecule has 5 nitrogen and oxygen atoms in total. The first-order chi connectivity index (χ1) is 13.7. The maximum Gasteiger partial charge on any atom is 0.251 e. The summed E-state index contributed by atoms with van der Waals surface area (Å²) in [6.45, 7) is 8.02. The van der Waals surface area contributed by atoms with E-state index < -0.39 is 0 Å². The highest BCUT2D eigenvalue weighted by Gasteiger charge is 2.28. The first-order valence-corrected chi connectivity index (χ1v) is 9.81. The molecular weight excluding hydrogens is 364 g/mol. The van der Waals surface area contributed by atoms with Gasteiger partial charge in [0.2, 0.25) is 0 Å². The van der Waals surface area contributed by atoms with Gasteiger partial charge >= 0.3 is 0 Å². The lowest BCUT2D eigenvalue weighted by molar-refractivity contribution is 0.0943. The Kier molecular flexibility index (Phi) is 5.78. The van der Waals surface area contributed by atoms with Gasteiger partial charge < -0.3 is 15.4 Å². The molecule has 1 amide bonds. The Hall–Kier alpha value is -3.08. The molecule has 5 heteroatoms. The number of benzene rings is 2. The average molecular weight is 392 g/mol. The fourth-order valence-corrected chi connectivity index (χ4v) is 3.53. The number of nitrogens with one attached hydrogen (secondary N) is 2. The third-order valence-electron chi connectivity index (χ3n) is 4.82. The number of carbonyl (C=O) groups is 2. The van der Waals surface area contributed by atoms with Crippen LogP contribution >= 0.6 is 0 Å². The van der Waals surface area contributed by atoms with Crippen molar-refractivity contribution in [3.63, 3.8) is 0 Å². The third kappa shape index (κ3) is 4.86. The van der Waals surface area contributed by atoms with Crippen molar-refractivity contribution in [2.24, 2.45) is 0 Å². The van der Waals surface area contributed by atoms with Crippen molar-refractivity contribution in [1.82, 2.24) is 10.6 Å². The van der Waals surface area contributed by atoms with Crippen LogP contribution in [0.25, 0.3) is 5.70 Å². The van der Waals surface area contributed by atoms with Crippen LogP contribution in [-0.2, 0) is 6.42 Å². The fraction of sp³-hybridized carbons (Fsp3) is 0.333. The highest BCUT2D eigenvalue weighted by molar-refractivity contribution is 6.10. The van der Waals surface area contributed by atoms with Crippen molar-refractivity contribution in [3.05, 3.63) is 70.8 Å². The molecule has 0 unspecified atom stereocenters. The standard InChI is InChI=1S/C24H28N2O3/c1-15(2)25-23(28)17-8-6-7-16(11-17)22(27)13-21-20-12-19(29-5)10-9-18(20)14-24(3,4)26-21/h6-13,15,26H,14H2,1-5H3,(H,25,28)/b21-13-. The molecular formula is C24H28N2O3. The second kappa shape index (κ2) is 8.11. The lowest BCUT2D eigenvalue weighted by atomic mass is 9.85. The van der Waals surface area contributed by atoms with Crippen LogP contribution < -0.4 is 15.4 Å². The minimum Gasteiger partial charge on any atom is -0.497 e. The van der Waals surface area contributed by atoms with Crippen molar-refractivity contribution in [2.45, 2.75) is 45.7 Å². The van der Waals surface area contributed by atoms with Gasteiger partial charge in [0.1, 0.15) is 5.75 Å². The molecule has 3 rings (SSSR count). The van der Waals surface area contributed by atoms with Gasteiger partial charge in [-0.1, -0.05) is 18.2 Å². The van der Waals surface area contributed by atoms with Gasteiger partial charge in [-0.15, -0.1) is 0 Å². The second-order valence-electron chi connectivity index (χ2n) is 8.34. The number of ether oxygens (including phenoxy) is 1. The Bertz CT molecular complexity index is 974. The number of hydrogen-bond donors (Lipinski definition) is 2.